The maximum Gasteiger partial charge on any atom is 0.243 e. The minimum Gasteiger partial charge on any atom is -0.369 e. The number of pyridine rings is 1. The van der Waals surface area contributed by atoms with Crippen LogP contribution in [0.5, 0.6) is 0 Å². The van der Waals surface area contributed by atoms with Crippen molar-refractivity contribution >= 4 is 15.7 Å². The number of nitrogens with zero attached hydrogens (tertiary/aromatic N) is 3. The predicted molar refractivity (Wildman–Crippen MR) is 101 cm³/mol. The lowest BCUT2D eigenvalue weighted by molar-refractivity contribution is 0.384. The molecule has 1 aromatic carbocycles. The predicted octanol–water partition coefficient (Wildman–Crippen LogP) is 2.83. The summed E-state index contributed by atoms with van der Waals surface area (Å²) in [4.78, 5) is 6.73. The normalized spacial score (nSPS) is 16.2. The molecule has 0 amide bonds. The molecule has 1 aromatic heterocycles. The van der Waals surface area contributed by atoms with E-state index in [0.29, 0.717) is 31.1 Å². The van der Waals surface area contributed by atoms with Crippen LogP contribution in [0.4, 0.5) is 5.69 Å². The molecule has 3 rings (SSSR count). The molecule has 5 nitrogen and oxygen atoms in total. The summed E-state index contributed by atoms with van der Waals surface area (Å²) in [6.07, 6.45) is 3.53. The molecule has 0 spiro atoms. The average molecular weight is 359 g/mol. The fourth-order valence-corrected chi connectivity index (χ4v) is 5.44. The van der Waals surface area contributed by atoms with Crippen molar-refractivity contribution in [2.45, 2.75) is 32.6 Å². The van der Waals surface area contributed by atoms with Crippen LogP contribution in [0.1, 0.15) is 22.3 Å². The summed E-state index contributed by atoms with van der Waals surface area (Å²) >= 11 is 0. The Morgan fingerprint density at radius 2 is 1.40 bits per heavy atom. The third-order valence-electron chi connectivity index (χ3n) is 5.16. The second kappa shape index (κ2) is 6.77. The lowest BCUT2D eigenvalue weighted by Gasteiger charge is -2.36. The fraction of sp³-hybridized carbons (Fsp3) is 0.421. The number of benzene rings is 1. The number of hydrogen-bond acceptors (Lipinski definition) is 4. The van der Waals surface area contributed by atoms with Crippen molar-refractivity contribution in [3.05, 3.63) is 52.8 Å². The van der Waals surface area contributed by atoms with Crippen LogP contribution in [0.25, 0.3) is 0 Å². The summed E-state index contributed by atoms with van der Waals surface area (Å²) < 4.78 is 28.2. The Morgan fingerprint density at radius 1 is 0.880 bits per heavy atom. The summed E-state index contributed by atoms with van der Waals surface area (Å²) in [5.74, 6) is 0. The highest BCUT2D eigenvalue weighted by atomic mass is 32.2. The molecule has 0 atom stereocenters. The van der Waals surface area contributed by atoms with Gasteiger partial charge in [0.2, 0.25) is 10.0 Å². The van der Waals surface area contributed by atoms with Crippen LogP contribution in [0.15, 0.2) is 35.5 Å². The van der Waals surface area contributed by atoms with E-state index in [-0.39, 0.29) is 0 Å². The Labute approximate surface area is 150 Å². The summed E-state index contributed by atoms with van der Waals surface area (Å²) in [5, 5.41) is 0. The second-order valence-corrected chi connectivity index (χ2v) is 8.56. The van der Waals surface area contributed by atoms with Gasteiger partial charge in [0, 0.05) is 44.3 Å². The minimum atomic E-state index is -3.48. The smallest absolute Gasteiger partial charge is 0.243 e. The Bertz CT molecular complexity index is 845. The van der Waals surface area contributed by atoms with Crippen molar-refractivity contribution in [2.75, 3.05) is 31.1 Å². The van der Waals surface area contributed by atoms with Crippen LogP contribution in [0.3, 0.4) is 0 Å². The number of aryl methyl sites for hydroxylation is 2. The molecule has 2 heterocycles. The van der Waals surface area contributed by atoms with Gasteiger partial charge >= 0.3 is 0 Å². The molecular formula is C19H25N3O2S. The van der Waals surface area contributed by atoms with Crippen LogP contribution in [0.2, 0.25) is 0 Å². The van der Waals surface area contributed by atoms with E-state index in [4.69, 9.17) is 0 Å². The molecule has 1 fully saturated rings. The molecule has 1 saturated heterocycles. The Morgan fingerprint density at radius 3 is 1.92 bits per heavy atom. The van der Waals surface area contributed by atoms with Gasteiger partial charge in [-0.3, -0.25) is 4.98 Å². The van der Waals surface area contributed by atoms with Gasteiger partial charge in [-0.25, -0.2) is 8.42 Å². The highest BCUT2D eigenvalue weighted by Gasteiger charge is 2.31. The number of anilines is 1. The lowest BCUT2D eigenvalue weighted by Crippen LogP contribution is -2.49. The van der Waals surface area contributed by atoms with E-state index >= 15 is 0 Å². The molecule has 2 aromatic rings. The molecule has 1 aliphatic heterocycles. The molecule has 0 unspecified atom stereocenters. The van der Waals surface area contributed by atoms with E-state index in [2.05, 4.69) is 16.0 Å². The first-order valence-corrected chi connectivity index (χ1v) is 9.99. The first-order chi connectivity index (χ1) is 11.8. The zero-order chi connectivity index (χ0) is 18.2. The largest absolute Gasteiger partial charge is 0.369 e. The van der Waals surface area contributed by atoms with Crippen molar-refractivity contribution in [1.82, 2.24) is 9.29 Å². The summed E-state index contributed by atoms with van der Waals surface area (Å²) in [7, 11) is -3.48. The highest BCUT2D eigenvalue weighted by Crippen LogP contribution is 2.29. The Balaban J connectivity index is 1.86. The fourth-order valence-electron chi connectivity index (χ4n) is 3.44. The Kier molecular flexibility index (Phi) is 4.84. The van der Waals surface area contributed by atoms with E-state index in [1.807, 2.05) is 39.8 Å². The third kappa shape index (κ3) is 3.28. The van der Waals surface area contributed by atoms with E-state index in [1.54, 1.807) is 16.7 Å². The molecule has 6 heteroatoms. The molecule has 1 aliphatic rings. The third-order valence-corrected chi connectivity index (χ3v) is 7.33. The maximum absolute atomic E-state index is 13.3. The standard InChI is InChI=1S/C19H25N3O2S/c1-14-13-15(2)17(4)19(16(14)3)25(23,24)22-11-9-21(10-12-22)18-5-7-20-8-6-18/h5-8,13H,9-12H2,1-4H3. The summed E-state index contributed by atoms with van der Waals surface area (Å²) in [6, 6.07) is 5.98. The molecule has 0 saturated carbocycles. The first-order valence-electron chi connectivity index (χ1n) is 8.55. The van der Waals surface area contributed by atoms with Crippen LogP contribution in [-0.4, -0.2) is 43.9 Å². The first kappa shape index (κ1) is 17.9. The van der Waals surface area contributed by atoms with Crippen LogP contribution in [0, 0.1) is 27.7 Å². The molecule has 0 aliphatic carbocycles. The lowest BCUT2D eigenvalue weighted by atomic mass is 10.0. The zero-order valence-electron chi connectivity index (χ0n) is 15.3. The van der Waals surface area contributed by atoms with E-state index in [0.717, 1.165) is 27.9 Å². The highest BCUT2D eigenvalue weighted by molar-refractivity contribution is 7.89. The van der Waals surface area contributed by atoms with Crippen LogP contribution in [-0.2, 0) is 10.0 Å². The quantitative estimate of drug-likeness (QED) is 0.846. The number of piperazine rings is 1. The van der Waals surface area contributed by atoms with E-state index < -0.39 is 10.0 Å². The van der Waals surface area contributed by atoms with Gasteiger partial charge < -0.3 is 4.90 Å². The number of aromatic nitrogens is 1. The number of hydrogen-bond donors (Lipinski definition) is 0. The van der Waals surface area contributed by atoms with Gasteiger partial charge in [-0.15, -0.1) is 0 Å². The van der Waals surface area contributed by atoms with Gasteiger partial charge in [-0.05, 0) is 62.1 Å². The van der Waals surface area contributed by atoms with Crippen molar-refractivity contribution < 1.29 is 8.42 Å². The van der Waals surface area contributed by atoms with E-state index in [1.165, 1.54) is 0 Å². The number of rotatable bonds is 3. The molecule has 134 valence electrons. The monoisotopic (exact) mass is 359 g/mol. The maximum atomic E-state index is 13.3. The van der Waals surface area contributed by atoms with Crippen molar-refractivity contribution in [2.24, 2.45) is 0 Å². The van der Waals surface area contributed by atoms with Crippen molar-refractivity contribution in [3.63, 3.8) is 0 Å². The SMILES string of the molecule is Cc1cc(C)c(C)c(S(=O)(=O)N2CCN(c3ccncc3)CC2)c1C. The average Bonchev–Trinajstić information content (AvgIpc) is 2.61. The topological polar surface area (TPSA) is 53.5 Å². The van der Waals surface area contributed by atoms with Crippen LogP contribution >= 0.6 is 0 Å². The Hall–Kier alpha value is -1.92. The van der Waals surface area contributed by atoms with E-state index in [9.17, 15) is 8.42 Å². The van der Waals surface area contributed by atoms with Gasteiger partial charge in [0.1, 0.15) is 0 Å². The van der Waals surface area contributed by atoms with Gasteiger partial charge in [-0.1, -0.05) is 6.07 Å². The number of sulfonamides is 1. The minimum absolute atomic E-state index is 0.488. The summed E-state index contributed by atoms with van der Waals surface area (Å²) in [5.41, 5.74) is 4.86. The molecule has 0 N–H and O–H groups in total. The summed E-state index contributed by atoms with van der Waals surface area (Å²) in [6.45, 7) is 10.1. The molecule has 25 heavy (non-hydrogen) atoms. The van der Waals surface area contributed by atoms with Crippen molar-refractivity contribution in [1.29, 1.82) is 0 Å². The van der Waals surface area contributed by atoms with Gasteiger partial charge in [-0.2, -0.15) is 4.31 Å². The molecular weight excluding hydrogens is 334 g/mol. The van der Waals surface area contributed by atoms with Gasteiger partial charge in [0.25, 0.3) is 0 Å². The van der Waals surface area contributed by atoms with Crippen molar-refractivity contribution in [3.8, 4) is 0 Å². The van der Waals surface area contributed by atoms with Crippen LogP contribution < -0.4 is 4.90 Å². The zero-order valence-corrected chi connectivity index (χ0v) is 16.1. The van der Waals surface area contributed by atoms with Gasteiger partial charge in [0.15, 0.2) is 0 Å². The second-order valence-electron chi connectivity index (χ2n) is 6.69. The molecule has 0 bridgehead atoms. The van der Waals surface area contributed by atoms with Gasteiger partial charge in [0.05, 0.1) is 4.90 Å². The molecule has 0 radical (unpaired) electrons.